The second kappa shape index (κ2) is 20.1. The number of halogens is 1. The largest absolute Gasteiger partial charge is 0.382 e. The lowest BCUT2D eigenvalue weighted by atomic mass is 10.2. The molecule has 0 saturated carbocycles. The number of rotatable bonds is 14. The highest BCUT2D eigenvalue weighted by Gasteiger charge is 2.04. The first-order valence-corrected chi connectivity index (χ1v) is 10.3. The predicted octanol–water partition coefficient (Wildman–Crippen LogP) is 2.58. The Morgan fingerprint density at radius 2 is 1.72 bits per heavy atom. The Balaban J connectivity index is 0. The molecule has 0 aliphatic carbocycles. The van der Waals surface area contributed by atoms with Crippen LogP contribution in [-0.4, -0.2) is 75.7 Å². The average molecular weight is 488 g/mol. The standard InChI is InChI=1S/C17H36N4O2S.HI/c1-5-23-13-10-12-19-17(20-15-16(22)21(2)3)18-11-8-6-7-9-14-24-4;/h5-15H2,1-4H3,(H2,18,19,20);1H. The van der Waals surface area contributed by atoms with Gasteiger partial charge in [-0.1, -0.05) is 12.8 Å². The molecule has 0 radical (unpaired) electrons. The summed E-state index contributed by atoms with van der Waals surface area (Å²) in [5, 5.41) is 6.59. The van der Waals surface area contributed by atoms with Gasteiger partial charge in [0.2, 0.25) is 5.91 Å². The molecule has 0 unspecified atom stereocenters. The van der Waals surface area contributed by atoms with Crippen LogP contribution in [0.1, 0.15) is 39.0 Å². The Kier molecular flexibility index (Phi) is 21.7. The van der Waals surface area contributed by atoms with Crippen LogP contribution < -0.4 is 10.6 Å². The molecule has 1 amide bonds. The summed E-state index contributed by atoms with van der Waals surface area (Å²) in [6.45, 7) is 5.31. The van der Waals surface area contributed by atoms with E-state index in [1.165, 1.54) is 25.0 Å². The summed E-state index contributed by atoms with van der Waals surface area (Å²) in [5.74, 6) is 1.96. The second-order valence-electron chi connectivity index (χ2n) is 5.76. The van der Waals surface area contributed by atoms with Crippen molar-refractivity contribution >= 4 is 47.6 Å². The molecular weight excluding hydrogens is 451 g/mol. The van der Waals surface area contributed by atoms with Crippen LogP contribution in [0.25, 0.3) is 0 Å². The van der Waals surface area contributed by atoms with Crippen LogP contribution in [0, 0.1) is 0 Å². The Hall–Kier alpha value is -0.220. The quantitative estimate of drug-likeness (QED) is 0.170. The van der Waals surface area contributed by atoms with Gasteiger partial charge in [0.1, 0.15) is 6.54 Å². The summed E-state index contributed by atoms with van der Waals surface area (Å²) < 4.78 is 5.33. The summed E-state index contributed by atoms with van der Waals surface area (Å²) in [6.07, 6.45) is 7.98. The molecule has 0 rings (SSSR count). The number of likely N-dealkylation sites (N-methyl/N-ethyl adjacent to an activating group) is 1. The molecule has 0 aromatic carbocycles. The molecule has 0 fully saturated rings. The lowest BCUT2D eigenvalue weighted by Gasteiger charge is -2.14. The van der Waals surface area contributed by atoms with E-state index in [4.69, 9.17) is 4.74 Å². The number of ether oxygens (including phenoxy) is 1. The molecule has 0 aromatic rings. The Bertz CT molecular complexity index is 345. The monoisotopic (exact) mass is 488 g/mol. The highest BCUT2D eigenvalue weighted by Crippen LogP contribution is 2.03. The molecule has 0 saturated heterocycles. The summed E-state index contributed by atoms with van der Waals surface area (Å²) in [7, 11) is 3.49. The third kappa shape index (κ3) is 18.4. The molecule has 150 valence electrons. The fourth-order valence-corrected chi connectivity index (χ4v) is 2.41. The van der Waals surface area contributed by atoms with E-state index in [0.29, 0.717) is 5.96 Å². The molecule has 8 heteroatoms. The van der Waals surface area contributed by atoms with Crippen LogP contribution in [0.15, 0.2) is 4.99 Å². The molecule has 25 heavy (non-hydrogen) atoms. The molecule has 0 spiro atoms. The number of carbonyl (C=O) groups excluding carboxylic acids is 1. The lowest BCUT2D eigenvalue weighted by Crippen LogP contribution is -2.39. The highest BCUT2D eigenvalue weighted by molar-refractivity contribution is 14.0. The topological polar surface area (TPSA) is 66.0 Å². The van der Waals surface area contributed by atoms with E-state index < -0.39 is 0 Å². The number of aliphatic imine (C=N–C) groups is 1. The van der Waals surface area contributed by atoms with Crippen molar-refractivity contribution in [2.45, 2.75) is 39.0 Å². The van der Waals surface area contributed by atoms with Crippen LogP contribution in [0.2, 0.25) is 0 Å². The average Bonchev–Trinajstić information content (AvgIpc) is 2.57. The molecular formula is C17H37IN4O2S. The Morgan fingerprint density at radius 1 is 1.08 bits per heavy atom. The van der Waals surface area contributed by atoms with Gasteiger partial charge in [0.15, 0.2) is 5.96 Å². The number of nitrogens with zero attached hydrogens (tertiary/aromatic N) is 2. The van der Waals surface area contributed by atoms with Crippen LogP contribution in [-0.2, 0) is 9.53 Å². The molecule has 0 aliphatic heterocycles. The molecule has 6 nitrogen and oxygen atoms in total. The molecule has 0 aliphatic rings. The maximum absolute atomic E-state index is 11.7. The zero-order valence-corrected chi connectivity index (χ0v) is 19.5. The van der Waals surface area contributed by atoms with E-state index >= 15 is 0 Å². The second-order valence-corrected chi connectivity index (χ2v) is 6.75. The first-order valence-electron chi connectivity index (χ1n) is 8.90. The van der Waals surface area contributed by atoms with E-state index in [9.17, 15) is 4.79 Å². The van der Waals surface area contributed by atoms with Gasteiger partial charge < -0.3 is 20.3 Å². The van der Waals surface area contributed by atoms with Gasteiger partial charge >= 0.3 is 0 Å². The van der Waals surface area contributed by atoms with Crippen molar-refractivity contribution in [3.63, 3.8) is 0 Å². The number of carbonyl (C=O) groups is 1. The van der Waals surface area contributed by atoms with Crippen molar-refractivity contribution in [2.24, 2.45) is 4.99 Å². The van der Waals surface area contributed by atoms with Crippen molar-refractivity contribution in [1.82, 2.24) is 15.5 Å². The molecule has 0 atom stereocenters. The predicted molar refractivity (Wildman–Crippen MR) is 120 cm³/mol. The summed E-state index contributed by atoms with van der Waals surface area (Å²) >= 11 is 1.91. The minimum absolute atomic E-state index is 0. The fourth-order valence-electron chi connectivity index (χ4n) is 1.92. The van der Waals surface area contributed by atoms with Crippen LogP contribution >= 0.6 is 35.7 Å². The first-order chi connectivity index (χ1) is 11.6. The highest BCUT2D eigenvalue weighted by atomic mass is 127. The number of hydrogen-bond donors (Lipinski definition) is 2. The van der Waals surface area contributed by atoms with Gasteiger partial charge in [0.05, 0.1) is 0 Å². The minimum Gasteiger partial charge on any atom is -0.382 e. The summed E-state index contributed by atoms with van der Waals surface area (Å²) in [4.78, 5) is 17.6. The lowest BCUT2D eigenvalue weighted by molar-refractivity contribution is -0.127. The molecule has 2 N–H and O–H groups in total. The maximum atomic E-state index is 11.7. The zero-order valence-electron chi connectivity index (χ0n) is 16.3. The van der Waals surface area contributed by atoms with Crippen molar-refractivity contribution in [2.75, 3.05) is 59.0 Å². The minimum atomic E-state index is 0. The van der Waals surface area contributed by atoms with Crippen LogP contribution in [0.5, 0.6) is 0 Å². The number of nitrogens with one attached hydrogen (secondary N) is 2. The third-order valence-corrected chi connectivity index (χ3v) is 4.10. The zero-order chi connectivity index (χ0) is 18.0. The van der Waals surface area contributed by atoms with Gasteiger partial charge in [-0.05, 0) is 38.2 Å². The van der Waals surface area contributed by atoms with E-state index in [1.807, 2.05) is 18.7 Å². The van der Waals surface area contributed by atoms with Gasteiger partial charge in [-0.25, -0.2) is 4.99 Å². The molecule has 0 bridgehead atoms. The number of thioether (sulfide) groups is 1. The normalized spacial score (nSPS) is 11.0. The van der Waals surface area contributed by atoms with Crippen LogP contribution in [0.3, 0.4) is 0 Å². The van der Waals surface area contributed by atoms with E-state index in [0.717, 1.165) is 39.1 Å². The van der Waals surface area contributed by atoms with Crippen molar-refractivity contribution < 1.29 is 9.53 Å². The maximum Gasteiger partial charge on any atom is 0.243 e. The van der Waals surface area contributed by atoms with Gasteiger partial charge in [-0.15, -0.1) is 24.0 Å². The smallest absolute Gasteiger partial charge is 0.243 e. The van der Waals surface area contributed by atoms with E-state index in [1.54, 1.807) is 19.0 Å². The van der Waals surface area contributed by atoms with Gasteiger partial charge in [0.25, 0.3) is 0 Å². The molecule has 0 heterocycles. The number of hydrogen-bond acceptors (Lipinski definition) is 4. The SMILES string of the molecule is CCOCCCNC(=NCC(=O)N(C)C)NCCCCCCSC.I. The van der Waals surface area contributed by atoms with E-state index in [2.05, 4.69) is 21.9 Å². The molecule has 0 aromatic heterocycles. The number of amides is 1. The Labute approximate surface area is 175 Å². The van der Waals surface area contributed by atoms with Gasteiger partial charge in [-0.3, -0.25) is 4.79 Å². The van der Waals surface area contributed by atoms with Gasteiger partial charge in [-0.2, -0.15) is 11.8 Å². The third-order valence-electron chi connectivity index (χ3n) is 3.40. The summed E-state index contributed by atoms with van der Waals surface area (Å²) in [6, 6.07) is 0. The first kappa shape index (κ1) is 27.0. The van der Waals surface area contributed by atoms with Gasteiger partial charge in [0, 0.05) is 40.4 Å². The number of unbranched alkanes of at least 4 members (excludes halogenated alkanes) is 3. The van der Waals surface area contributed by atoms with Crippen molar-refractivity contribution in [3.05, 3.63) is 0 Å². The summed E-state index contributed by atoms with van der Waals surface area (Å²) in [5.41, 5.74) is 0. The van der Waals surface area contributed by atoms with Crippen molar-refractivity contribution in [1.29, 1.82) is 0 Å². The van der Waals surface area contributed by atoms with E-state index in [-0.39, 0.29) is 36.4 Å². The Morgan fingerprint density at radius 3 is 2.32 bits per heavy atom. The van der Waals surface area contributed by atoms with Crippen LogP contribution in [0.4, 0.5) is 0 Å². The fraction of sp³-hybridized carbons (Fsp3) is 0.882. The number of guanidine groups is 1. The van der Waals surface area contributed by atoms with Crippen molar-refractivity contribution in [3.8, 4) is 0 Å².